The van der Waals surface area contributed by atoms with Gasteiger partial charge in [0.15, 0.2) is 22.1 Å². The largest absolute Gasteiger partial charge is 0.573 e. The van der Waals surface area contributed by atoms with Crippen LogP contribution in [0.15, 0.2) is 90.3 Å². The Bertz CT molecular complexity index is 1990. The van der Waals surface area contributed by atoms with Crippen LogP contribution in [0.2, 0.25) is 0 Å². The highest BCUT2D eigenvalue weighted by molar-refractivity contribution is 7.67. The molecule has 5 aromatic rings. The highest BCUT2D eigenvalue weighted by atomic mass is 32.2. The third-order valence-electron chi connectivity index (χ3n) is 6.39. The maximum Gasteiger partial charge on any atom is 0.573 e. The number of hydrogen-bond donors (Lipinski definition) is 0. The maximum atomic E-state index is 13.0. The molecule has 0 unspecified atom stereocenters. The molecule has 2 aromatic heterocycles. The van der Waals surface area contributed by atoms with Crippen LogP contribution in [-0.4, -0.2) is 12.7 Å². The number of rotatable bonds is 6. The van der Waals surface area contributed by atoms with Crippen molar-refractivity contribution in [2.24, 2.45) is 17.5 Å². The molecule has 0 aliphatic carbocycles. The van der Waals surface area contributed by atoms with Crippen LogP contribution in [0.3, 0.4) is 0 Å². The van der Waals surface area contributed by atoms with Gasteiger partial charge in [-0.05, 0) is 48.5 Å². The lowest BCUT2D eigenvalue weighted by molar-refractivity contribution is -0.275. The fraction of sp³-hybridized carbons (Fsp3) is 0.0714. The minimum atomic E-state index is -4.85. The van der Waals surface area contributed by atoms with Gasteiger partial charge in [-0.15, -0.1) is 49.0 Å². The number of ether oxygens (including phenoxy) is 2. The van der Waals surface area contributed by atoms with E-state index in [1.165, 1.54) is 46.9 Å². The Kier molecular flexibility index (Phi) is 7.03. The van der Waals surface area contributed by atoms with Crippen LogP contribution < -0.4 is 20.2 Å². The Morgan fingerprint density at radius 2 is 0.909 bits per heavy atom. The molecule has 0 atom stereocenters. The van der Waals surface area contributed by atoms with Crippen molar-refractivity contribution in [1.29, 1.82) is 0 Å². The molecule has 0 fully saturated rings. The standard InChI is InChI=1S/C28H12F6N4O2S4/c29-27(30,31)39-15-7-3-1-5-13(15)17-9-11-19(41-17)21-23-25(37-43-35-23)22(26-24(21)36-44-38-26)20-12-10-18(42-20)14-6-2-4-8-16(14)40-28(32,33)34/h1-12H/q+2. The molecule has 6 nitrogen and oxygen atoms in total. The van der Waals surface area contributed by atoms with E-state index in [0.29, 0.717) is 52.7 Å². The Morgan fingerprint density at radius 3 is 1.32 bits per heavy atom. The van der Waals surface area contributed by atoms with E-state index < -0.39 is 12.7 Å². The number of thiophene rings is 2. The Balaban J connectivity index is 1.33. The van der Waals surface area contributed by atoms with E-state index in [1.807, 2.05) is 0 Å². The zero-order chi connectivity index (χ0) is 30.6. The molecule has 0 bridgehead atoms. The summed E-state index contributed by atoms with van der Waals surface area (Å²) in [5.41, 5.74) is 2.86. The molecule has 2 aliphatic rings. The van der Waals surface area contributed by atoms with Gasteiger partial charge in [-0.2, -0.15) is 0 Å². The second kappa shape index (κ2) is 10.8. The molecule has 0 saturated carbocycles. The molecular weight excluding hydrogens is 667 g/mol. The first-order valence-corrected chi connectivity index (χ1v) is 15.5. The van der Waals surface area contributed by atoms with Crippen molar-refractivity contribution in [2.75, 3.05) is 0 Å². The lowest BCUT2D eigenvalue weighted by atomic mass is 10.0. The van der Waals surface area contributed by atoms with E-state index in [9.17, 15) is 26.3 Å². The fourth-order valence-electron chi connectivity index (χ4n) is 4.73. The number of alkyl halides is 6. The van der Waals surface area contributed by atoms with Crippen LogP contribution in [0.5, 0.6) is 11.5 Å². The van der Waals surface area contributed by atoms with Gasteiger partial charge in [-0.1, -0.05) is 24.3 Å². The maximum absolute atomic E-state index is 13.0. The average molecular weight is 679 g/mol. The van der Waals surface area contributed by atoms with Crippen molar-refractivity contribution in [3.8, 4) is 53.3 Å². The third kappa shape index (κ3) is 5.38. The highest BCUT2D eigenvalue weighted by Crippen LogP contribution is 2.45. The summed E-state index contributed by atoms with van der Waals surface area (Å²) >= 11 is 4.45. The highest BCUT2D eigenvalue weighted by Gasteiger charge is 2.36. The molecule has 0 N–H and O–H groups in total. The summed E-state index contributed by atoms with van der Waals surface area (Å²) in [6.07, 6.45) is -9.70. The molecule has 3 aromatic carbocycles. The predicted molar refractivity (Wildman–Crippen MR) is 159 cm³/mol. The van der Waals surface area contributed by atoms with Crippen molar-refractivity contribution in [3.63, 3.8) is 0 Å². The minimum absolute atomic E-state index is 0.277. The van der Waals surface area contributed by atoms with Gasteiger partial charge in [0.25, 0.3) is 0 Å². The second-order valence-corrected chi connectivity index (χ2v) is 12.3. The van der Waals surface area contributed by atoms with Crippen LogP contribution >= 0.6 is 22.7 Å². The monoisotopic (exact) mass is 678 g/mol. The SMILES string of the molecule is FC(F)(F)Oc1ccccc1-c1ccc(-c2c3c(c(-c4ccc(-c5ccccc5OC(F)(F)F)s4)c4c2=N[S+]=N4)=N[S+]=N3)s1. The zero-order valence-electron chi connectivity index (χ0n) is 21.4. The number of nitrogens with zero attached hydrogens (tertiary/aromatic N) is 4. The first kappa shape index (κ1) is 28.6. The van der Waals surface area contributed by atoms with Crippen molar-refractivity contribution >= 4 is 57.5 Å². The van der Waals surface area contributed by atoms with E-state index in [4.69, 9.17) is 0 Å². The summed E-state index contributed by atoms with van der Waals surface area (Å²) in [6, 6.07) is 18.7. The fourth-order valence-corrected chi connectivity index (χ4v) is 8.01. The van der Waals surface area contributed by atoms with Gasteiger partial charge in [0.05, 0.1) is 28.6 Å². The van der Waals surface area contributed by atoms with E-state index in [1.54, 1.807) is 48.5 Å². The van der Waals surface area contributed by atoms with Gasteiger partial charge >= 0.3 is 36.2 Å². The average Bonchev–Trinajstić information content (AvgIpc) is 3.78. The van der Waals surface area contributed by atoms with Crippen molar-refractivity contribution in [2.45, 2.75) is 12.7 Å². The molecule has 0 saturated heterocycles. The first-order valence-electron chi connectivity index (χ1n) is 12.4. The second-order valence-electron chi connectivity index (χ2n) is 9.09. The van der Waals surface area contributed by atoms with E-state index in [0.717, 1.165) is 23.5 Å². The zero-order valence-corrected chi connectivity index (χ0v) is 24.7. The predicted octanol–water partition coefficient (Wildman–Crippen LogP) is 9.17. The summed E-state index contributed by atoms with van der Waals surface area (Å²) in [5, 5.41) is 1.04. The van der Waals surface area contributed by atoms with Gasteiger partial charge in [0.2, 0.25) is 0 Å². The summed E-state index contributed by atoms with van der Waals surface area (Å²) in [4.78, 5) is 2.46. The van der Waals surface area contributed by atoms with Gasteiger partial charge < -0.3 is 9.47 Å². The van der Waals surface area contributed by atoms with Crippen LogP contribution in [0.25, 0.3) is 41.8 Å². The Hall–Kier alpha value is -4.12. The molecule has 4 heterocycles. The molecule has 44 heavy (non-hydrogen) atoms. The summed E-state index contributed by atoms with van der Waals surface area (Å²) in [6.45, 7) is 0. The van der Waals surface area contributed by atoms with Gasteiger partial charge in [-0.3, -0.25) is 0 Å². The minimum Gasteiger partial charge on any atom is -0.405 e. The number of para-hydroxylation sites is 2. The van der Waals surface area contributed by atoms with Crippen molar-refractivity contribution in [1.82, 2.24) is 0 Å². The van der Waals surface area contributed by atoms with Crippen LogP contribution in [0, 0.1) is 0 Å². The normalized spacial score (nSPS) is 13.4. The number of halogens is 6. The van der Waals surface area contributed by atoms with E-state index in [-0.39, 0.29) is 22.6 Å². The number of fused-ring (bicyclic) bond motifs is 2. The van der Waals surface area contributed by atoms with Crippen molar-refractivity contribution < 1.29 is 35.8 Å². The molecule has 7 rings (SSSR count). The molecular formula is C28H12F6N4O2S4+2. The van der Waals surface area contributed by atoms with Gasteiger partial charge in [0, 0.05) is 30.6 Å². The Morgan fingerprint density at radius 1 is 0.523 bits per heavy atom. The van der Waals surface area contributed by atoms with Gasteiger partial charge in [-0.25, -0.2) is 0 Å². The van der Waals surface area contributed by atoms with Crippen LogP contribution in [-0.2, 0) is 23.5 Å². The molecule has 16 heteroatoms. The quantitative estimate of drug-likeness (QED) is 0.102. The van der Waals surface area contributed by atoms with Crippen molar-refractivity contribution in [3.05, 3.63) is 83.5 Å². The lowest BCUT2D eigenvalue weighted by Gasteiger charge is -2.12. The first-order chi connectivity index (χ1) is 21.1. The molecule has 2 aliphatic heterocycles. The molecule has 0 radical (unpaired) electrons. The van der Waals surface area contributed by atoms with Gasteiger partial charge in [0.1, 0.15) is 11.5 Å². The van der Waals surface area contributed by atoms with E-state index >= 15 is 0 Å². The third-order valence-corrected chi connectivity index (χ3v) is 9.71. The topological polar surface area (TPSA) is 67.9 Å². The molecule has 0 spiro atoms. The smallest absolute Gasteiger partial charge is 0.405 e. The number of hydrogen-bond acceptors (Lipinski definition) is 8. The summed E-state index contributed by atoms with van der Waals surface area (Å²) < 4.78 is 105. The molecule has 0 amide bonds. The summed E-state index contributed by atoms with van der Waals surface area (Å²) in [7, 11) is 0. The Labute approximate surface area is 259 Å². The molecule has 220 valence electrons. The number of benzene rings is 3. The van der Waals surface area contributed by atoms with E-state index in [2.05, 4.69) is 27.0 Å². The lowest BCUT2D eigenvalue weighted by Crippen LogP contribution is -2.17. The van der Waals surface area contributed by atoms with Crippen LogP contribution in [0.1, 0.15) is 0 Å². The van der Waals surface area contributed by atoms with Crippen LogP contribution in [0.4, 0.5) is 37.7 Å². The summed E-state index contributed by atoms with van der Waals surface area (Å²) in [5.74, 6) is -0.638.